The zero-order chi connectivity index (χ0) is 15.9. The van der Waals surface area contributed by atoms with Crippen LogP contribution in [-0.4, -0.2) is 23.5 Å². The Morgan fingerprint density at radius 2 is 1.95 bits per heavy atom. The van der Waals surface area contributed by atoms with Gasteiger partial charge in [0.1, 0.15) is 0 Å². The summed E-state index contributed by atoms with van der Waals surface area (Å²) < 4.78 is 5.15. The molecule has 1 unspecified atom stereocenters. The molecule has 22 heavy (non-hydrogen) atoms. The number of anilines is 1. The summed E-state index contributed by atoms with van der Waals surface area (Å²) in [5.41, 5.74) is 4.40. The smallest absolute Gasteiger partial charge is 0.340 e. The van der Waals surface area contributed by atoms with Crippen LogP contribution in [0, 0.1) is 13.8 Å². The SMILES string of the molecule is CCOC(=O)c1c(C)[nH]c(C)c1C1C(=O)Nc2ccccc21. The Morgan fingerprint density at radius 3 is 2.68 bits per heavy atom. The summed E-state index contributed by atoms with van der Waals surface area (Å²) >= 11 is 0. The van der Waals surface area contributed by atoms with Gasteiger partial charge in [0.05, 0.1) is 18.1 Å². The van der Waals surface area contributed by atoms with Gasteiger partial charge in [0, 0.05) is 22.6 Å². The van der Waals surface area contributed by atoms with Gasteiger partial charge in [-0.3, -0.25) is 4.79 Å². The third-order valence-corrected chi connectivity index (χ3v) is 3.98. The molecule has 2 heterocycles. The fourth-order valence-corrected chi connectivity index (χ4v) is 3.12. The number of benzene rings is 1. The van der Waals surface area contributed by atoms with Crippen molar-refractivity contribution in [3.05, 3.63) is 52.3 Å². The molecule has 1 aromatic heterocycles. The molecule has 1 amide bonds. The highest BCUT2D eigenvalue weighted by Crippen LogP contribution is 2.40. The van der Waals surface area contributed by atoms with Crippen LogP contribution in [-0.2, 0) is 9.53 Å². The number of rotatable bonds is 3. The molecule has 2 N–H and O–H groups in total. The molecule has 2 aromatic rings. The van der Waals surface area contributed by atoms with Crippen molar-refractivity contribution in [1.29, 1.82) is 0 Å². The molecule has 0 saturated carbocycles. The average molecular weight is 298 g/mol. The number of aromatic nitrogens is 1. The quantitative estimate of drug-likeness (QED) is 0.856. The lowest BCUT2D eigenvalue weighted by molar-refractivity contribution is -0.116. The highest BCUT2D eigenvalue weighted by Gasteiger charge is 2.37. The minimum atomic E-state index is -0.486. The topological polar surface area (TPSA) is 71.2 Å². The largest absolute Gasteiger partial charge is 0.462 e. The van der Waals surface area contributed by atoms with Gasteiger partial charge in [-0.25, -0.2) is 4.79 Å². The Kier molecular flexibility index (Phi) is 3.48. The summed E-state index contributed by atoms with van der Waals surface area (Å²) in [7, 11) is 0. The van der Waals surface area contributed by atoms with Crippen LogP contribution in [0.1, 0.15) is 45.7 Å². The fraction of sp³-hybridized carbons (Fsp3) is 0.294. The molecule has 1 atom stereocenters. The van der Waals surface area contributed by atoms with Crippen molar-refractivity contribution in [2.24, 2.45) is 0 Å². The van der Waals surface area contributed by atoms with Gasteiger partial charge in [0.25, 0.3) is 0 Å². The lowest BCUT2D eigenvalue weighted by atomic mass is 9.89. The molecular formula is C17H18N2O3. The Hall–Kier alpha value is -2.56. The van der Waals surface area contributed by atoms with E-state index in [-0.39, 0.29) is 5.91 Å². The molecule has 0 aliphatic carbocycles. The van der Waals surface area contributed by atoms with Gasteiger partial charge in [-0.15, -0.1) is 0 Å². The van der Waals surface area contributed by atoms with Crippen molar-refractivity contribution in [2.75, 3.05) is 11.9 Å². The molecule has 5 nitrogen and oxygen atoms in total. The maximum atomic E-state index is 12.4. The molecular weight excluding hydrogens is 280 g/mol. The standard InChI is InChI=1S/C17H18N2O3/c1-4-22-17(21)14-10(3)18-9(2)13(14)15-11-7-5-6-8-12(11)19-16(15)20/h5-8,15,18H,4H2,1-3H3,(H,19,20). The van der Waals surface area contributed by atoms with Crippen molar-refractivity contribution in [3.63, 3.8) is 0 Å². The van der Waals surface area contributed by atoms with Crippen LogP contribution in [0.4, 0.5) is 5.69 Å². The van der Waals surface area contributed by atoms with E-state index >= 15 is 0 Å². The van der Waals surface area contributed by atoms with Crippen LogP contribution in [0.25, 0.3) is 0 Å². The molecule has 0 saturated heterocycles. The van der Waals surface area contributed by atoms with Crippen molar-refractivity contribution >= 4 is 17.6 Å². The molecule has 3 rings (SSSR count). The van der Waals surface area contributed by atoms with E-state index in [1.54, 1.807) is 6.92 Å². The minimum Gasteiger partial charge on any atom is -0.462 e. The molecule has 1 aliphatic heterocycles. The average Bonchev–Trinajstić information content (AvgIpc) is 2.94. The zero-order valence-corrected chi connectivity index (χ0v) is 12.8. The number of ether oxygens (including phenoxy) is 1. The van der Waals surface area contributed by atoms with Crippen LogP contribution in [0.5, 0.6) is 0 Å². The highest BCUT2D eigenvalue weighted by atomic mass is 16.5. The number of hydrogen-bond donors (Lipinski definition) is 2. The van der Waals surface area contributed by atoms with Gasteiger partial charge < -0.3 is 15.0 Å². The number of nitrogens with one attached hydrogen (secondary N) is 2. The predicted octanol–water partition coefficient (Wildman–Crippen LogP) is 2.89. The summed E-state index contributed by atoms with van der Waals surface area (Å²) in [4.78, 5) is 27.9. The first kappa shape index (κ1) is 14.4. The van der Waals surface area contributed by atoms with Crippen LogP contribution in [0.15, 0.2) is 24.3 Å². The van der Waals surface area contributed by atoms with Crippen LogP contribution >= 0.6 is 0 Å². The second-order valence-electron chi connectivity index (χ2n) is 5.39. The number of esters is 1. The number of fused-ring (bicyclic) bond motifs is 1. The Balaban J connectivity index is 2.17. The van der Waals surface area contributed by atoms with Crippen molar-refractivity contribution in [3.8, 4) is 0 Å². The molecule has 0 bridgehead atoms. The Labute approximate surface area is 128 Å². The van der Waals surface area contributed by atoms with Gasteiger partial charge in [0.15, 0.2) is 0 Å². The summed E-state index contributed by atoms with van der Waals surface area (Å²) in [6.45, 7) is 5.76. The monoisotopic (exact) mass is 298 g/mol. The molecule has 0 spiro atoms. The third-order valence-electron chi connectivity index (χ3n) is 3.98. The van der Waals surface area contributed by atoms with Crippen LogP contribution in [0.2, 0.25) is 0 Å². The maximum absolute atomic E-state index is 12.4. The number of carbonyl (C=O) groups excluding carboxylic acids is 2. The normalized spacial score (nSPS) is 16.3. The number of para-hydroxylation sites is 1. The first-order chi connectivity index (χ1) is 10.5. The second kappa shape index (κ2) is 5.33. The molecule has 0 radical (unpaired) electrons. The number of aromatic amines is 1. The predicted molar refractivity (Wildman–Crippen MR) is 83.1 cm³/mol. The lowest BCUT2D eigenvalue weighted by Crippen LogP contribution is -2.17. The van der Waals surface area contributed by atoms with E-state index in [1.165, 1.54) is 0 Å². The van der Waals surface area contributed by atoms with E-state index in [0.717, 1.165) is 22.6 Å². The van der Waals surface area contributed by atoms with E-state index in [2.05, 4.69) is 10.3 Å². The molecule has 5 heteroatoms. The van der Waals surface area contributed by atoms with Crippen LogP contribution < -0.4 is 5.32 Å². The lowest BCUT2D eigenvalue weighted by Gasteiger charge is -2.12. The van der Waals surface area contributed by atoms with E-state index in [4.69, 9.17) is 4.74 Å². The number of hydrogen-bond acceptors (Lipinski definition) is 3. The van der Waals surface area contributed by atoms with E-state index in [9.17, 15) is 9.59 Å². The highest BCUT2D eigenvalue weighted by molar-refractivity contribution is 6.07. The number of aryl methyl sites for hydroxylation is 2. The van der Waals surface area contributed by atoms with E-state index < -0.39 is 11.9 Å². The van der Waals surface area contributed by atoms with Crippen LogP contribution in [0.3, 0.4) is 0 Å². The van der Waals surface area contributed by atoms with Crippen molar-refractivity contribution < 1.29 is 14.3 Å². The van der Waals surface area contributed by atoms with Crippen molar-refractivity contribution in [1.82, 2.24) is 4.98 Å². The van der Waals surface area contributed by atoms with Gasteiger partial charge in [-0.2, -0.15) is 0 Å². The van der Waals surface area contributed by atoms with Gasteiger partial charge in [-0.05, 0) is 32.4 Å². The van der Waals surface area contributed by atoms with E-state index in [0.29, 0.717) is 17.7 Å². The second-order valence-corrected chi connectivity index (χ2v) is 5.39. The third kappa shape index (κ3) is 2.09. The molecule has 0 fully saturated rings. The molecule has 114 valence electrons. The maximum Gasteiger partial charge on any atom is 0.340 e. The number of amides is 1. The summed E-state index contributed by atoms with van der Waals surface area (Å²) in [6, 6.07) is 7.55. The number of carbonyl (C=O) groups is 2. The summed E-state index contributed by atoms with van der Waals surface area (Å²) in [6.07, 6.45) is 0. The minimum absolute atomic E-state index is 0.117. The van der Waals surface area contributed by atoms with Gasteiger partial charge in [-0.1, -0.05) is 18.2 Å². The first-order valence-corrected chi connectivity index (χ1v) is 7.30. The Bertz CT molecular complexity index is 761. The summed E-state index contributed by atoms with van der Waals surface area (Å²) in [5.74, 6) is -0.995. The summed E-state index contributed by atoms with van der Waals surface area (Å²) in [5, 5.41) is 2.88. The zero-order valence-electron chi connectivity index (χ0n) is 12.8. The van der Waals surface area contributed by atoms with Gasteiger partial charge in [0.2, 0.25) is 5.91 Å². The molecule has 1 aliphatic rings. The van der Waals surface area contributed by atoms with Crippen molar-refractivity contribution in [2.45, 2.75) is 26.7 Å². The number of H-pyrrole nitrogens is 1. The fourth-order valence-electron chi connectivity index (χ4n) is 3.12. The Morgan fingerprint density at radius 1 is 1.23 bits per heavy atom. The van der Waals surface area contributed by atoms with E-state index in [1.807, 2.05) is 38.1 Å². The molecule has 1 aromatic carbocycles. The van der Waals surface area contributed by atoms with Gasteiger partial charge >= 0.3 is 5.97 Å². The first-order valence-electron chi connectivity index (χ1n) is 7.30.